The van der Waals surface area contributed by atoms with Crippen LogP contribution in [0.25, 0.3) is 16.7 Å². The highest BCUT2D eigenvalue weighted by atomic mass is 19.1. The molecule has 2 aromatic heterocycles. The zero-order valence-electron chi connectivity index (χ0n) is 15.2. The molecule has 0 saturated heterocycles. The van der Waals surface area contributed by atoms with E-state index in [9.17, 15) is 13.2 Å². The predicted octanol–water partition coefficient (Wildman–Crippen LogP) is 3.57. The Morgan fingerprint density at radius 2 is 1.76 bits per heavy atom. The summed E-state index contributed by atoms with van der Waals surface area (Å²) < 4.78 is 43.7. The van der Waals surface area contributed by atoms with E-state index in [2.05, 4.69) is 20.3 Å². The lowest BCUT2D eigenvalue weighted by Crippen LogP contribution is -2.16. The summed E-state index contributed by atoms with van der Waals surface area (Å²) in [5.41, 5.74) is 12.3. The van der Waals surface area contributed by atoms with E-state index in [-0.39, 0.29) is 28.5 Å². The Balaban J connectivity index is 1.90. The van der Waals surface area contributed by atoms with Crippen molar-refractivity contribution in [2.45, 2.75) is 13.0 Å². The maximum Gasteiger partial charge on any atom is 0.155 e. The molecule has 4 rings (SSSR count). The Morgan fingerprint density at radius 1 is 1.03 bits per heavy atom. The van der Waals surface area contributed by atoms with Crippen LogP contribution >= 0.6 is 0 Å². The van der Waals surface area contributed by atoms with Crippen molar-refractivity contribution in [1.82, 2.24) is 19.5 Å². The zero-order valence-corrected chi connectivity index (χ0v) is 15.2. The largest absolute Gasteiger partial charge is 0.393 e. The Hall–Kier alpha value is -3.82. The van der Waals surface area contributed by atoms with Gasteiger partial charge in [-0.15, -0.1) is 0 Å². The molecule has 7 nitrogen and oxygen atoms in total. The third kappa shape index (κ3) is 3.28. The molecule has 0 amide bonds. The first kappa shape index (κ1) is 18.5. The summed E-state index contributed by atoms with van der Waals surface area (Å²) in [7, 11) is 0. The normalized spacial score (nSPS) is 12.3. The standard InChI is InChI=1S/C19H16F3N7/c1-9(27-18-15(23)17(24)25-8-26-18)19-28-14-4-2-3-13(22)16(14)29(19)12-6-10(20)5-11(21)7-12/h2-9H,23H2,1H3,(H3,24,25,26,27)/t9-/m0/s1. The van der Waals surface area contributed by atoms with Crippen LogP contribution in [0.3, 0.4) is 0 Å². The molecule has 0 spiro atoms. The van der Waals surface area contributed by atoms with Gasteiger partial charge in [-0.3, -0.25) is 4.57 Å². The topological polar surface area (TPSA) is 108 Å². The number of rotatable bonds is 4. The summed E-state index contributed by atoms with van der Waals surface area (Å²) in [6, 6.07) is 6.73. The van der Waals surface area contributed by atoms with Crippen LogP contribution in [0.1, 0.15) is 18.8 Å². The molecule has 0 aliphatic heterocycles. The second-order valence-corrected chi connectivity index (χ2v) is 6.43. The maximum atomic E-state index is 14.6. The number of nitrogens with one attached hydrogen (secondary N) is 1. The molecule has 0 fully saturated rings. The smallest absolute Gasteiger partial charge is 0.155 e. The van der Waals surface area contributed by atoms with Crippen molar-refractivity contribution in [1.29, 1.82) is 0 Å². The quantitative estimate of drug-likeness (QED) is 0.484. The van der Waals surface area contributed by atoms with Gasteiger partial charge in [0.05, 0.1) is 17.2 Å². The average molecular weight is 399 g/mol. The molecular formula is C19H16F3N7. The fourth-order valence-electron chi connectivity index (χ4n) is 3.12. The van der Waals surface area contributed by atoms with E-state index in [0.29, 0.717) is 11.3 Å². The van der Waals surface area contributed by atoms with Crippen LogP contribution in [0.2, 0.25) is 0 Å². The van der Waals surface area contributed by atoms with E-state index in [1.54, 1.807) is 13.0 Å². The molecule has 1 atom stereocenters. The number of hydrogen-bond donors (Lipinski definition) is 3. The third-order valence-corrected chi connectivity index (χ3v) is 4.41. The van der Waals surface area contributed by atoms with Crippen molar-refractivity contribution in [3.8, 4) is 5.69 Å². The Kier molecular flexibility index (Phi) is 4.45. The summed E-state index contributed by atoms with van der Waals surface area (Å²) in [6.07, 6.45) is 1.24. The molecule has 5 N–H and O–H groups in total. The molecule has 4 aromatic rings. The van der Waals surface area contributed by atoms with Gasteiger partial charge < -0.3 is 16.8 Å². The molecular weight excluding hydrogens is 383 g/mol. The fourth-order valence-corrected chi connectivity index (χ4v) is 3.12. The monoisotopic (exact) mass is 399 g/mol. The van der Waals surface area contributed by atoms with Crippen LogP contribution in [-0.4, -0.2) is 19.5 Å². The summed E-state index contributed by atoms with van der Waals surface area (Å²) in [5.74, 6) is -1.51. The first-order chi connectivity index (χ1) is 13.8. The molecule has 10 heteroatoms. The lowest BCUT2D eigenvalue weighted by atomic mass is 10.2. The maximum absolute atomic E-state index is 14.6. The summed E-state index contributed by atoms with van der Waals surface area (Å²) in [4.78, 5) is 12.3. The molecule has 0 unspecified atom stereocenters. The molecule has 29 heavy (non-hydrogen) atoms. The number of imidazole rings is 1. The van der Waals surface area contributed by atoms with Gasteiger partial charge >= 0.3 is 0 Å². The van der Waals surface area contributed by atoms with Crippen LogP contribution in [0, 0.1) is 17.5 Å². The highest BCUT2D eigenvalue weighted by Crippen LogP contribution is 2.30. The van der Waals surface area contributed by atoms with Gasteiger partial charge in [-0.1, -0.05) is 6.07 Å². The number of benzene rings is 2. The van der Waals surface area contributed by atoms with Gasteiger partial charge in [-0.2, -0.15) is 0 Å². The molecule has 2 heterocycles. The summed E-state index contributed by atoms with van der Waals surface area (Å²) in [5, 5.41) is 3.04. The van der Waals surface area contributed by atoms with Crippen molar-refractivity contribution in [2.75, 3.05) is 16.8 Å². The van der Waals surface area contributed by atoms with Gasteiger partial charge in [0.1, 0.15) is 40.8 Å². The number of nitrogen functional groups attached to an aromatic ring is 2. The van der Waals surface area contributed by atoms with Crippen LogP contribution in [0.4, 0.5) is 30.5 Å². The Labute approximate surface area is 163 Å². The minimum atomic E-state index is -0.794. The number of hydrogen-bond acceptors (Lipinski definition) is 6. The van der Waals surface area contributed by atoms with Crippen LogP contribution in [0.5, 0.6) is 0 Å². The molecule has 0 bridgehead atoms. The average Bonchev–Trinajstić information content (AvgIpc) is 3.06. The molecule has 0 aliphatic carbocycles. The van der Waals surface area contributed by atoms with E-state index in [1.807, 2.05) is 0 Å². The Bertz CT molecular complexity index is 1200. The number of halogens is 3. The van der Waals surface area contributed by atoms with Gasteiger partial charge in [0, 0.05) is 6.07 Å². The molecule has 0 aliphatic rings. The number of fused-ring (bicyclic) bond motifs is 1. The second kappa shape index (κ2) is 6.97. The van der Waals surface area contributed by atoms with Gasteiger partial charge in [-0.25, -0.2) is 28.1 Å². The van der Waals surface area contributed by atoms with Crippen molar-refractivity contribution >= 4 is 28.4 Å². The number of aromatic nitrogens is 4. The van der Waals surface area contributed by atoms with E-state index in [1.165, 1.54) is 23.0 Å². The zero-order chi connectivity index (χ0) is 20.7. The summed E-state index contributed by atoms with van der Waals surface area (Å²) >= 11 is 0. The van der Waals surface area contributed by atoms with Crippen LogP contribution in [-0.2, 0) is 0 Å². The lowest BCUT2D eigenvalue weighted by molar-refractivity contribution is 0.580. The minimum Gasteiger partial charge on any atom is -0.393 e. The number of anilines is 3. The van der Waals surface area contributed by atoms with Gasteiger partial charge in [0.2, 0.25) is 0 Å². The van der Waals surface area contributed by atoms with E-state index < -0.39 is 23.5 Å². The van der Waals surface area contributed by atoms with Crippen molar-refractivity contribution in [2.24, 2.45) is 0 Å². The van der Waals surface area contributed by atoms with Gasteiger partial charge in [0.25, 0.3) is 0 Å². The van der Waals surface area contributed by atoms with Crippen LogP contribution in [0.15, 0.2) is 42.7 Å². The SMILES string of the molecule is C[C@H](Nc1ncnc(N)c1N)c1nc2cccc(F)c2n1-c1cc(F)cc(F)c1. The van der Waals surface area contributed by atoms with Gasteiger partial charge in [0.15, 0.2) is 11.6 Å². The number of para-hydroxylation sites is 1. The minimum absolute atomic E-state index is 0.0916. The van der Waals surface area contributed by atoms with Gasteiger partial charge in [-0.05, 0) is 31.2 Å². The first-order valence-electron chi connectivity index (χ1n) is 8.61. The fraction of sp³-hybridized carbons (Fsp3) is 0.105. The highest BCUT2D eigenvalue weighted by molar-refractivity contribution is 5.79. The highest BCUT2D eigenvalue weighted by Gasteiger charge is 2.22. The number of nitrogens with zero attached hydrogens (tertiary/aromatic N) is 4. The predicted molar refractivity (Wildman–Crippen MR) is 104 cm³/mol. The molecule has 0 radical (unpaired) electrons. The van der Waals surface area contributed by atoms with E-state index >= 15 is 0 Å². The molecule has 148 valence electrons. The van der Waals surface area contributed by atoms with Crippen molar-refractivity contribution in [3.63, 3.8) is 0 Å². The molecule has 2 aromatic carbocycles. The van der Waals surface area contributed by atoms with E-state index in [4.69, 9.17) is 11.5 Å². The summed E-state index contributed by atoms with van der Waals surface area (Å²) in [6.45, 7) is 1.73. The first-order valence-corrected chi connectivity index (χ1v) is 8.61. The third-order valence-electron chi connectivity index (χ3n) is 4.41. The molecule has 0 saturated carbocycles. The lowest BCUT2D eigenvalue weighted by Gasteiger charge is -2.18. The second-order valence-electron chi connectivity index (χ2n) is 6.43. The number of nitrogens with two attached hydrogens (primary N) is 2. The van der Waals surface area contributed by atoms with Crippen molar-refractivity contribution in [3.05, 3.63) is 66.0 Å². The van der Waals surface area contributed by atoms with Crippen molar-refractivity contribution < 1.29 is 13.2 Å². The van der Waals surface area contributed by atoms with E-state index in [0.717, 1.165) is 18.2 Å². The Morgan fingerprint density at radius 3 is 2.48 bits per heavy atom. The van der Waals surface area contributed by atoms with Crippen LogP contribution < -0.4 is 16.8 Å².